The number of hydrogen-bond donors (Lipinski definition) is 0. The molecule has 0 unspecified atom stereocenters. The third-order valence-corrected chi connectivity index (χ3v) is 3.29. The maximum atomic E-state index is 12.4. The number of ether oxygens (including phenoxy) is 1. The molecule has 106 valence electrons. The number of aryl methyl sites for hydroxylation is 2. The molecular formula is C14H11ClF3NO. The minimum Gasteiger partial charge on any atom is -0.439 e. The van der Waals surface area contributed by atoms with E-state index >= 15 is 0 Å². The van der Waals surface area contributed by atoms with E-state index in [0.29, 0.717) is 10.8 Å². The number of nitrogens with zero attached hydrogens (tertiary/aromatic N) is 1. The van der Waals surface area contributed by atoms with Crippen LogP contribution in [0.3, 0.4) is 0 Å². The van der Waals surface area contributed by atoms with Gasteiger partial charge in [0.2, 0.25) is 5.88 Å². The lowest BCUT2D eigenvalue weighted by molar-refractivity contribution is -0.137. The van der Waals surface area contributed by atoms with Gasteiger partial charge in [-0.15, -0.1) is 0 Å². The van der Waals surface area contributed by atoms with E-state index in [0.717, 1.165) is 23.4 Å². The Balaban J connectivity index is 2.23. The molecule has 1 aromatic carbocycles. The van der Waals surface area contributed by atoms with Crippen molar-refractivity contribution < 1.29 is 17.9 Å². The Morgan fingerprint density at radius 1 is 1.10 bits per heavy atom. The summed E-state index contributed by atoms with van der Waals surface area (Å²) in [4.78, 5) is 3.65. The molecule has 0 radical (unpaired) electrons. The normalized spacial score (nSPS) is 11.5. The number of alkyl halides is 3. The zero-order chi connectivity index (χ0) is 14.9. The Bertz CT molecular complexity index is 600. The van der Waals surface area contributed by atoms with Gasteiger partial charge in [0.25, 0.3) is 0 Å². The number of hydrogen-bond acceptors (Lipinski definition) is 2. The molecule has 0 aliphatic heterocycles. The van der Waals surface area contributed by atoms with Crippen molar-refractivity contribution in [1.29, 1.82) is 0 Å². The fraction of sp³-hybridized carbons (Fsp3) is 0.214. The van der Waals surface area contributed by atoms with Gasteiger partial charge in [0, 0.05) is 17.3 Å². The van der Waals surface area contributed by atoms with Crippen molar-refractivity contribution in [2.45, 2.75) is 20.0 Å². The van der Waals surface area contributed by atoms with Gasteiger partial charge in [-0.05, 0) is 43.2 Å². The van der Waals surface area contributed by atoms with Crippen molar-refractivity contribution in [3.05, 3.63) is 52.2 Å². The molecule has 0 atom stereocenters. The second kappa shape index (κ2) is 5.32. The molecule has 0 bridgehead atoms. The summed E-state index contributed by atoms with van der Waals surface area (Å²) in [5.41, 5.74) is 0.843. The molecule has 20 heavy (non-hydrogen) atoms. The topological polar surface area (TPSA) is 22.1 Å². The minimum absolute atomic E-state index is 0.0964. The molecule has 1 aromatic heterocycles. The SMILES string of the molecule is Cc1cc(Oc2ccc(C(F)(F)F)cn2)cc(C)c1Cl. The standard InChI is InChI=1S/C14H11ClF3NO/c1-8-5-11(6-9(2)13(8)15)20-12-4-3-10(7-19-12)14(16,17)18/h3-7H,1-2H3. The fourth-order valence-corrected chi connectivity index (χ4v) is 1.80. The third kappa shape index (κ3) is 3.22. The van der Waals surface area contributed by atoms with Gasteiger partial charge in [-0.2, -0.15) is 13.2 Å². The number of aromatic nitrogens is 1. The lowest BCUT2D eigenvalue weighted by atomic mass is 10.1. The van der Waals surface area contributed by atoms with Gasteiger partial charge in [0.1, 0.15) is 5.75 Å². The molecule has 0 amide bonds. The Kier molecular flexibility index (Phi) is 3.90. The monoisotopic (exact) mass is 301 g/mol. The molecule has 0 fully saturated rings. The van der Waals surface area contributed by atoms with Crippen molar-refractivity contribution in [2.75, 3.05) is 0 Å². The minimum atomic E-state index is -4.40. The van der Waals surface area contributed by atoms with E-state index in [9.17, 15) is 13.2 Å². The van der Waals surface area contributed by atoms with Gasteiger partial charge in [-0.3, -0.25) is 0 Å². The summed E-state index contributed by atoms with van der Waals surface area (Å²) in [6.07, 6.45) is -3.66. The van der Waals surface area contributed by atoms with Crippen LogP contribution in [-0.4, -0.2) is 4.98 Å². The van der Waals surface area contributed by atoms with Crippen LogP contribution in [0.4, 0.5) is 13.2 Å². The molecule has 2 aromatic rings. The lowest BCUT2D eigenvalue weighted by Crippen LogP contribution is -2.05. The maximum Gasteiger partial charge on any atom is 0.417 e. The molecule has 1 heterocycles. The Morgan fingerprint density at radius 2 is 1.70 bits per heavy atom. The number of halogens is 4. The van der Waals surface area contributed by atoms with Gasteiger partial charge in [-0.1, -0.05) is 11.6 Å². The third-order valence-electron chi connectivity index (χ3n) is 2.70. The Labute approximate surface area is 119 Å². The fourth-order valence-electron chi connectivity index (χ4n) is 1.69. The van der Waals surface area contributed by atoms with Gasteiger partial charge in [0.15, 0.2) is 0 Å². The predicted octanol–water partition coefficient (Wildman–Crippen LogP) is 5.16. The van der Waals surface area contributed by atoms with Crippen molar-refractivity contribution in [3.8, 4) is 11.6 Å². The van der Waals surface area contributed by atoms with Gasteiger partial charge < -0.3 is 4.74 Å². The lowest BCUT2D eigenvalue weighted by Gasteiger charge is -2.10. The smallest absolute Gasteiger partial charge is 0.417 e. The molecule has 0 N–H and O–H groups in total. The van der Waals surface area contributed by atoms with Gasteiger partial charge in [0.05, 0.1) is 5.56 Å². The van der Waals surface area contributed by atoms with Crippen molar-refractivity contribution in [3.63, 3.8) is 0 Å². The first-order valence-corrected chi connectivity index (χ1v) is 6.13. The van der Waals surface area contributed by atoms with Crippen LogP contribution in [0.15, 0.2) is 30.5 Å². The summed E-state index contributed by atoms with van der Waals surface area (Å²) in [5, 5.41) is 0.637. The summed E-state index contributed by atoms with van der Waals surface area (Å²) in [7, 11) is 0. The number of pyridine rings is 1. The van der Waals surface area contributed by atoms with Crippen LogP contribution in [0.25, 0.3) is 0 Å². The van der Waals surface area contributed by atoms with Crippen LogP contribution in [-0.2, 0) is 6.18 Å². The summed E-state index contributed by atoms with van der Waals surface area (Å²) in [5.74, 6) is 0.579. The highest BCUT2D eigenvalue weighted by atomic mass is 35.5. The van der Waals surface area contributed by atoms with Crippen LogP contribution in [0.5, 0.6) is 11.6 Å². The molecule has 0 saturated carbocycles. The average molecular weight is 302 g/mol. The summed E-state index contributed by atoms with van der Waals surface area (Å²) < 4.78 is 42.6. The molecule has 0 saturated heterocycles. The van der Waals surface area contributed by atoms with E-state index in [1.54, 1.807) is 12.1 Å². The van der Waals surface area contributed by atoms with E-state index in [2.05, 4.69) is 4.98 Å². The molecule has 2 nitrogen and oxygen atoms in total. The van der Waals surface area contributed by atoms with E-state index < -0.39 is 11.7 Å². The van der Waals surface area contributed by atoms with Crippen molar-refractivity contribution in [2.24, 2.45) is 0 Å². The molecule has 2 rings (SSSR count). The summed E-state index contributed by atoms with van der Waals surface area (Å²) in [6.45, 7) is 3.64. The zero-order valence-corrected chi connectivity index (χ0v) is 11.5. The van der Waals surface area contributed by atoms with Crippen molar-refractivity contribution >= 4 is 11.6 Å². The molecule has 0 aliphatic rings. The quantitative estimate of drug-likeness (QED) is 0.764. The van der Waals surface area contributed by atoms with Crippen LogP contribution in [0.1, 0.15) is 16.7 Å². The average Bonchev–Trinajstić information content (AvgIpc) is 2.35. The highest BCUT2D eigenvalue weighted by Gasteiger charge is 2.30. The van der Waals surface area contributed by atoms with Gasteiger partial charge >= 0.3 is 6.18 Å². The second-order valence-corrected chi connectivity index (χ2v) is 4.73. The van der Waals surface area contributed by atoms with Gasteiger partial charge in [-0.25, -0.2) is 4.98 Å². The zero-order valence-electron chi connectivity index (χ0n) is 10.8. The first kappa shape index (κ1) is 14.7. The summed E-state index contributed by atoms with van der Waals surface area (Å²) >= 11 is 6.03. The Morgan fingerprint density at radius 3 is 2.15 bits per heavy atom. The highest BCUT2D eigenvalue weighted by Crippen LogP contribution is 2.31. The van der Waals surface area contributed by atoms with E-state index in [1.165, 1.54) is 6.07 Å². The first-order valence-electron chi connectivity index (χ1n) is 5.75. The van der Waals surface area contributed by atoms with Crippen LogP contribution < -0.4 is 4.74 Å². The predicted molar refractivity (Wildman–Crippen MR) is 70.2 cm³/mol. The van der Waals surface area contributed by atoms with E-state index in [4.69, 9.17) is 16.3 Å². The number of rotatable bonds is 2. The van der Waals surface area contributed by atoms with E-state index in [1.807, 2.05) is 13.8 Å². The largest absolute Gasteiger partial charge is 0.439 e. The van der Waals surface area contributed by atoms with Crippen LogP contribution in [0, 0.1) is 13.8 Å². The second-order valence-electron chi connectivity index (χ2n) is 4.36. The maximum absolute atomic E-state index is 12.4. The highest BCUT2D eigenvalue weighted by molar-refractivity contribution is 6.32. The van der Waals surface area contributed by atoms with Crippen LogP contribution >= 0.6 is 11.6 Å². The van der Waals surface area contributed by atoms with E-state index in [-0.39, 0.29) is 5.88 Å². The number of benzene rings is 1. The summed E-state index contributed by atoms with van der Waals surface area (Å²) in [6, 6.07) is 5.52. The molecular weight excluding hydrogens is 291 g/mol. The molecule has 6 heteroatoms. The molecule has 0 spiro atoms. The first-order chi connectivity index (χ1) is 9.27. The van der Waals surface area contributed by atoms with Crippen LogP contribution in [0.2, 0.25) is 5.02 Å². The Hall–Kier alpha value is -1.75. The van der Waals surface area contributed by atoms with Crippen molar-refractivity contribution in [1.82, 2.24) is 4.98 Å². The molecule has 0 aliphatic carbocycles.